The zero-order valence-corrected chi connectivity index (χ0v) is 29.1. The first-order valence-corrected chi connectivity index (χ1v) is 32.3. The minimum absolute atomic E-state index is 0.00126. The Kier molecular flexibility index (Phi) is 6.98. The van der Waals surface area contributed by atoms with E-state index >= 15 is 0 Å². The van der Waals surface area contributed by atoms with Gasteiger partial charge in [-0.15, -0.1) is 0 Å². The summed E-state index contributed by atoms with van der Waals surface area (Å²) in [6.07, 6.45) is 0. The summed E-state index contributed by atoms with van der Waals surface area (Å²) in [5.74, 6) is 0.844. The van der Waals surface area contributed by atoms with E-state index in [1.165, 1.54) is 38.9 Å². The molecule has 7 heteroatoms. The Labute approximate surface area is 241 Å². The first-order valence-electron chi connectivity index (χ1n) is 13.6. The van der Waals surface area contributed by atoms with Crippen LogP contribution in [0.15, 0.2) is 91.0 Å². The molecule has 0 fully saturated rings. The molecule has 6 rings (SSSR count). The Morgan fingerprint density at radius 1 is 0.667 bits per heavy atom. The predicted molar refractivity (Wildman–Crippen MR) is 167 cm³/mol. The molecule has 39 heavy (non-hydrogen) atoms. The fraction of sp³-hybridized carbons (Fsp3) is 0.250. The van der Waals surface area contributed by atoms with Gasteiger partial charge in [0.1, 0.15) is 0 Å². The number of rotatable bonds is 6. The van der Waals surface area contributed by atoms with Crippen molar-refractivity contribution in [2.45, 2.75) is 40.0 Å². The second-order valence-corrected chi connectivity index (χ2v) is 55.3. The summed E-state index contributed by atoms with van der Waals surface area (Å²) in [4.78, 5) is 0. The SMILES string of the molecule is C[Si](C)=[Zr]([Cl])([Cl])([CH]1c2ccccc2-c2ccccc21)[CH]1c2ccccc2-c2cccc(OCO[Si](C)(C)C)c21. The standard InChI is InChI=1S/C17H19O2Si.C13H9.C2H6Si.2ClH.Zr/c1-20(2,3)19-12-18-17-10-6-9-15-14-8-5-4-7-13(14)11-16(15)17;1-3-7-12-10(5-1)9-11-6-2-4-8-13(11)12;1-3-2;;;/h4-11H,12H2,1-3H3;1-9H;1-2H3;2*1H;/q;;;;;+2/p-2. The molecule has 0 saturated heterocycles. The van der Waals surface area contributed by atoms with Crippen LogP contribution in [0.1, 0.15) is 29.5 Å². The summed E-state index contributed by atoms with van der Waals surface area (Å²) in [7, 11) is 15.2. The van der Waals surface area contributed by atoms with Crippen molar-refractivity contribution in [1.29, 1.82) is 0 Å². The topological polar surface area (TPSA) is 18.5 Å². The van der Waals surface area contributed by atoms with Gasteiger partial charge in [0.2, 0.25) is 0 Å². The summed E-state index contributed by atoms with van der Waals surface area (Å²) < 4.78 is 12.5. The number of hydrogen-bond donors (Lipinski definition) is 0. The van der Waals surface area contributed by atoms with E-state index < -0.39 is 28.8 Å². The van der Waals surface area contributed by atoms with E-state index in [9.17, 15) is 0 Å². The Balaban J connectivity index is 1.64. The van der Waals surface area contributed by atoms with E-state index in [0.717, 1.165) is 11.3 Å². The third kappa shape index (κ3) is 4.31. The van der Waals surface area contributed by atoms with Crippen LogP contribution in [0.3, 0.4) is 0 Å². The summed E-state index contributed by atoms with van der Waals surface area (Å²) in [6, 6.07) is 32.6. The van der Waals surface area contributed by atoms with Crippen LogP contribution in [0.5, 0.6) is 5.75 Å². The fourth-order valence-electron chi connectivity index (χ4n) is 6.64. The zero-order chi connectivity index (χ0) is 27.6. The Bertz CT molecular complexity index is 1640. The first kappa shape index (κ1) is 27.7. The van der Waals surface area contributed by atoms with Gasteiger partial charge in [-0.3, -0.25) is 0 Å². The number of hydrogen-bond acceptors (Lipinski definition) is 2. The van der Waals surface area contributed by atoms with E-state index in [2.05, 4.69) is 124 Å². The molecular formula is C32H34Cl2O2Si2Zr. The van der Waals surface area contributed by atoms with Gasteiger partial charge in [-0.1, -0.05) is 0 Å². The maximum absolute atomic E-state index is 8.47. The van der Waals surface area contributed by atoms with Crippen LogP contribution in [0.4, 0.5) is 0 Å². The number of fused-ring (bicyclic) bond motifs is 6. The predicted octanol–water partition coefficient (Wildman–Crippen LogP) is 9.96. The molecule has 4 aromatic rings. The van der Waals surface area contributed by atoms with Crippen LogP contribution in [-0.4, -0.2) is 20.5 Å². The van der Waals surface area contributed by atoms with Crippen molar-refractivity contribution in [2.24, 2.45) is 0 Å². The molecule has 0 saturated carbocycles. The van der Waals surface area contributed by atoms with Gasteiger partial charge in [-0.05, 0) is 0 Å². The second-order valence-electron chi connectivity index (χ2n) is 12.0. The van der Waals surface area contributed by atoms with Crippen molar-refractivity contribution in [2.75, 3.05) is 6.79 Å². The molecule has 0 N–H and O–H groups in total. The molecule has 0 amide bonds. The van der Waals surface area contributed by atoms with Gasteiger partial charge in [-0.25, -0.2) is 0 Å². The number of halogens is 2. The van der Waals surface area contributed by atoms with E-state index in [4.69, 9.17) is 26.2 Å². The van der Waals surface area contributed by atoms with Crippen molar-refractivity contribution in [3.05, 3.63) is 113 Å². The van der Waals surface area contributed by atoms with Crippen molar-refractivity contribution < 1.29 is 24.2 Å². The molecule has 0 radical (unpaired) electrons. The second kappa shape index (κ2) is 9.82. The normalized spacial score (nSPS) is 16.4. The third-order valence-electron chi connectivity index (χ3n) is 8.47. The van der Waals surface area contributed by atoms with Gasteiger partial charge < -0.3 is 0 Å². The third-order valence-corrected chi connectivity index (χ3v) is 55.7. The Morgan fingerprint density at radius 3 is 1.64 bits per heavy atom. The molecule has 0 bridgehead atoms. The zero-order valence-electron chi connectivity index (χ0n) is 23.1. The van der Waals surface area contributed by atoms with Crippen LogP contribution in [-0.2, 0) is 19.4 Å². The summed E-state index contributed by atoms with van der Waals surface area (Å²) in [5.41, 5.74) is 8.71. The average Bonchev–Trinajstić information content (AvgIpc) is 3.43. The monoisotopic (exact) mass is 666 g/mol. The maximum atomic E-state index is 8.47. The summed E-state index contributed by atoms with van der Waals surface area (Å²) in [6.45, 7) is 11.5. The molecule has 2 aliphatic carbocycles. The van der Waals surface area contributed by atoms with Crippen molar-refractivity contribution in [1.82, 2.24) is 0 Å². The van der Waals surface area contributed by atoms with Crippen LogP contribution < -0.4 is 4.74 Å². The molecule has 0 spiro atoms. The quantitative estimate of drug-likeness (QED) is 0.150. The van der Waals surface area contributed by atoms with Gasteiger partial charge in [0.15, 0.2) is 0 Å². The van der Waals surface area contributed by atoms with E-state index in [0.29, 0.717) is 0 Å². The van der Waals surface area contributed by atoms with Crippen LogP contribution in [0, 0.1) is 0 Å². The van der Waals surface area contributed by atoms with Crippen molar-refractivity contribution >= 4 is 30.8 Å². The van der Waals surface area contributed by atoms with Gasteiger partial charge in [0.05, 0.1) is 0 Å². The Morgan fingerprint density at radius 2 is 1.13 bits per heavy atom. The molecule has 2 aliphatic rings. The van der Waals surface area contributed by atoms with Gasteiger partial charge in [0.25, 0.3) is 0 Å². The van der Waals surface area contributed by atoms with E-state index in [-0.39, 0.29) is 14.0 Å². The van der Waals surface area contributed by atoms with Gasteiger partial charge >= 0.3 is 243 Å². The molecule has 0 aliphatic heterocycles. The summed E-state index contributed by atoms with van der Waals surface area (Å²) >= 11 is -4.93. The minimum atomic E-state index is -4.93. The van der Waals surface area contributed by atoms with Gasteiger partial charge in [0, 0.05) is 0 Å². The molecule has 0 heterocycles. The molecule has 1 unspecified atom stereocenters. The van der Waals surface area contributed by atoms with E-state index in [1.54, 1.807) is 0 Å². The van der Waals surface area contributed by atoms with Crippen LogP contribution in [0.2, 0.25) is 32.7 Å². The number of ether oxygens (including phenoxy) is 1. The summed E-state index contributed by atoms with van der Waals surface area (Å²) in [5, 5.41) is 0. The van der Waals surface area contributed by atoms with Crippen molar-refractivity contribution in [3.8, 4) is 28.0 Å². The molecule has 2 nitrogen and oxygen atoms in total. The molecule has 200 valence electrons. The molecule has 1 atom stereocenters. The fourth-order valence-corrected chi connectivity index (χ4v) is 34.7. The molecule has 4 aromatic carbocycles. The molecular weight excluding hydrogens is 635 g/mol. The van der Waals surface area contributed by atoms with Crippen molar-refractivity contribution in [3.63, 3.8) is 0 Å². The Hall–Kier alpha value is -1.46. The van der Waals surface area contributed by atoms with Crippen LogP contribution >= 0.6 is 17.0 Å². The van der Waals surface area contributed by atoms with Crippen LogP contribution in [0.25, 0.3) is 22.3 Å². The van der Waals surface area contributed by atoms with E-state index in [1.807, 2.05) is 0 Å². The van der Waals surface area contributed by atoms with Gasteiger partial charge in [-0.2, -0.15) is 0 Å². The average molecular weight is 669 g/mol. The first-order chi connectivity index (χ1) is 18.5. The number of benzene rings is 4. The molecule has 0 aromatic heterocycles.